The van der Waals surface area contributed by atoms with Crippen LogP contribution in [0.1, 0.15) is 103 Å². The highest BCUT2D eigenvalue weighted by Crippen LogP contribution is 2.58. The van der Waals surface area contributed by atoms with Crippen LogP contribution in [0.15, 0.2) is 271 Å². The van der Waals surface area contributed by atoms with Gasteiger partial charge in [0.05, 0.1) is 11.1 Å². The molecule has 3 heteroatoms. The molecule has 14 aromatic rings. The Kier molecular flexibility index (Phi) is 12.7. The summed E-state index contributed by atoms with van der Waals surface area (Å²) in [5.74, 6) is 0. The van der Waals surface area contributed by atoms with Crippen LogP contribution in [-0.2, 0) is 21.7 Å². The van der Waals surface area contributed by atoms with Gasteiger partial charge in [-0.25, -0.2) is 0 Å². The molecule has 0 spiro atoms. The van der Waals surface area contributed by atoms with E-state index in [-0.39, 0.29) is 21.7 Å². The van der Waals surface area contributed by atoms with Gasteiger partial charge in [-0.05, 0) is 183 Å². The summed E-state index contributed by atoms with van der Waals surface area (Å²) in [4.78, 5) is 4.98. The Morgan fingerprint density at radius 3 is 1.30 bits per heavy atom. The first-order chi connectivity index (χ1) is 43.9. The van der Waals surface area contributed by atoms with E-state index in [0.717, 1.165) is 106 Å². The summed E-state index contributed by atoms with van der Waals surface area (Å²) in [6.07, 6.45) is 0. The maximum Gasteiger partial charge on any atom is 0.146 e. The fourth-order valence-electron chi connectivity index (χ4n) is 15.4. The van der Waals surface area contributed by atoms with E-state index in [4.69, 9.17) is 4.42 Å². The molecule has 442 valence electrons. The molecule has 91 heavy (non-hydrogen) atoms. The highest BCUT2D eigenvalue weighted by Gasteiger charge is 2.38. The molecule has 0 unspecified atom stereocenters. The van der Waals surface area contributed by atoms with Gasteiger partial charge in [0, 0.05) is 55.8 Å². The summed E-state index contributed by atoms with van der Waals surface area (Å²) in [6.45, 7) is 23.3. The van der Waals surface area contributed by atoms with Gasteiger partial charge in [-0.15, -0.1) is 0 Å². The van der Waals surface area contributed by atoms with Gasteiger partial charge in [0.15, 0.2) is 0 Å². The zero-order valence-electron chi connectivity index (χ0n) is 53.7. The molecule has 2 aliphatic carbocycles. The van der Waals surface area contributed by atoms with E-state index in [1.807, 2.05) is 0 Å². The molecule has 16 rings (SSSR count). The van der Waals surface area contributed by atoms with Crippen molar-refractivity contribution >= 4 is 77.6 Å². The van der Waals surface area contributed by atoms with Gasteiger partial charge in [0.25, 0.3) is 0 Å². The van der Waals surface area contributed by atoms with Crippen molar-refractivity contribution in [1.29, 1.82) is 0 Å². The van der Waals surface area contributed by atoms with E-state index in [2.05, 4.69) is 346 Å². The summed E-state index contributed by atoms with van der Waals surface area (Å²) in [6, 6.07) is 100. The number of hydrogen-bond donors (Lipinski definition) is 0. The summed E-state index contributed by atoms with van der Waals surface area (Å²) in [7, 11) is 0. The minimum atomic E-state index is -0.214. The zero-order chi connectivity index (χ0) is 62.3. The molecule has 1 aromatic heterocycles. The summed E-state index contributed by atoms with van der Waals surface area (Å²) < 4.78 is 7.64. The minimum absolute atomic E-state index is 0.000306. The zero-order valence-corrected chi connectivity index (χ0v) is 53.7. The number of para-hydroxylation sites is 1. The average molecular weight is 1180 g/mol. The van der Waals surface area contributed by atoms with Crippen LogP contribution in [0.2, 0.25) is 0 Å². The van der Waals surface area contributed by atoms with Crippen LogP contribution < -0.4 is 9.80 Å². The van der Waals surface area contributed by atoms with E-state index < -0.39 is 0 Å². The van der Waals surface area contributed by atoms with Crippen molar-refractivity contribution in [2.45, 2.75) is 90.9 Å². The van der Waals surface area contributed by atoms with Crippen LogP contribution in [-0.4, -0.2) is 0 Å². The second-order valence-electron chi connectivity index (χ2n) is 28.4. The van der Waals surface area contributed by atoms with E-state index in [0.29, 0.717) is 0 Å². The lowest BCUT2D eigenvalue weighted by molar-refractivity contribution is 0.590. The third-order valence-corrected chi connectivity index (χ3v) is 20.2. The van der Waals surface area contributed by atoms with Gasteiger partial charge in [-0.3, -0.25) is 0 Å². The Balaban J connectivity index is 0.986. The van der Waals surface area contributed by atoms with E-state index in [1.54, 1.807) is 0 Å². The highest BCUT2D eigenvalue weighted by atomic mass is 16.3. The van der Waals surface area contributed by atoms with Gasteiger partial charge in [0.2, 0.25) is 0 Å². The number of rotatable bonds is 9. The fraction of sp³-hybridized carbons (Fsp3) is 0.159. The number of benzene rings is 13. The van der Waals surface area contributed by atoms with Gasteiger partial charge in [0.1, 0.15) is 11.2 Å². The molecule has 0 radical (unpaired) electrons. The van der Waals surface area contributed by atoms with Crippen molar-refractivity contribution in [2.24, 2.45) is 0 Å². The fourth-order valence-corrected chi connectivity index (χ4v) is 15.4. The Morgan fingerprint density at radius 2 is 0.725 bits per heavy atom. The number of anilines is 6. The second kappa shape index (κ2) is 20.7. The van der Waals surface area contributed by atoms with E-state index in [9.17, 15) is 0 Å². The first-order valence-corrected chi connectivity index (χ1v) is 32.3. The average Bonchev–Trinajstić information content (AvgIpc) is 1.70. The Labute approximate surface area is 535 Å². The second-order valence-corrected chi connectivity index (χ2v) is 28.4. The lowest BCUT2D eigenvalue weighted by Gasteiger charge is -2.31. The number of nitrogens with zero attached hydrogens (tertiary/aromatic N) is 2. The Bertz CT molecular complexity index is 5220. The Morgan fingerprint density at radius 1 is 0.297 bits per heavy atom. The summed E-state index contributed by atoms with van der Waals surface area (Å²) in [5.41, 5.74) is 27.6. The molecule has 1 heterocycles. The number of furan rings is 1. The van der Waals surface area contributed by atoms with Crippen molar-refractivity contribution in [3.63, 3.8) is 0 Å². The van der Waals surface area contributed by atoms with Crippen molar-refractivity contribution < 1.29 is 4.42 Å². The van der Waals surface area contributed by atoms with Crippen LogP contribution in [0.5, 0.6) is 0 Å². The van der Waals surface area contributed by atoms with Gasteiger partial charge < -0.3 is 14.2 Å². The number of hydrogen-bond acceptors (Lipinski definition) is 3. The molecule has 0 atom stereocenters. The first-order valence-electron chi connectivity index (χ1n) is 32.3. The monoisotopic (exact) mass is 1170 g/mol. The lowest BCUT2D eigenvalue weighted by atomic mass is 9.81. The third kappa shape index (κ3) is 8.91. The maximum absolute atomic E-state index is 7.64. The van der Waals surface area contributed by atoms with Gasteiger partial charge in [-0.2, -0.15) is 0 Å². The molecule has 3 nitrogen and oxygen atoms in total. The van der Waals surface area contributed by atoms with Crippen molar-refractivity contribution in [3.8, 4) is 55.6 Å². The predicted octanol–water partition coefficient (Wildman–Crippen LogP) is 25.0. The molecule has 0 saturated heterocycles. The standard InChI is InChI=1S/C88H74N2O/c1-85(2,3)57-37-41-59(42-38-57)89(62-45-48-67-65-30-19-22-34-74(65)87(7,8)76(67)52-62)61-47-50-70-73(51-61)64-29-17-18-32-69(64)82(80(70)56-27-15-12-16-28-56)83-72(55-25-13-11-14-26-55)54-78(81-71-33-21-24-36-79(71)91-84(81)83)90(60-43-39-58(40-44-60)86(4,5)6)63-46-49-68-66-31-20-23-35-75(66)88(9,10)77(68)53-63/h11-54H,1-10H3. The summed E-state index contributed by atoms with van der Waals surface area (Å²) in [5, 5.41) is 6.76. The molecule has 0 amide bonds. The minimum Gasteiger partial charge on any atom is -0.455 e. The maximum atomic E-state index is 7.64. The smallest absolute Gasteiger partial charge is 0.146 e. The van der Waals surface area contributed by atoms with Gasteiger partial charge >= 0.3 is 0 Å². The van der Waals surface area contributed by atoms with Crippen molar-refractivity contribution in [2.75, 3.05) is 9.80 Å². The molecular weight excluding hydrogens is 1100 g/mol. The van der Waals surface area contributed by atoms with Crippen molar-refractivity contribution in [1.82, 2.24) is 0 Å². The SMILES string of the molecule is CC(C)(C)c1ccc(N(c2ccc3c(c2)C(C)(C)c2ccccc2-3)c2ccc3c(-c4ccccc4)c(-c4c(-c5ccccc5)cc(N(c5ccc(C(C)(C)C)cc5)c5ccc6c(c5)C(C)(C)c5ccccc5-6)c5c4oc4ccccc45)c4ccccc4c3c2)cc1. The molecule has 0 N–H and O–H groups in total. The molecule has 2 aliphatic rings. The highest BCUT2D eigenvalue weighted by molar-refractivity contribution is 6.28. The number of fused-ring (bicyclic) bond motifs is 12. The molecule has 0 saturated carbocycles. The predicted molar refractivity (Wildman–Crippen MR) is 387 cm³/mol. The van der Waals surface area contributed by atoms with Crippen molar-refractivity contribution in [3.05, 3.63) is 300 Å². The molecule has 13 aromatic carbocycles. The molecule has 0 fully saturated rings. The molecule has 0 aliphatic heterocycles. The van der Waals surface area contributed by atoms with Crippen LogP contribution in [0.3, 0.4) is 0 Å². The van der Waals surface area contributed by atoms with E-state index in [1.165, 1.54) is 61.0 Å². The topological polar surface area (TPSA) is 19.6 Å². The van der Waals surface area contributed by atoms with Crippen LogP contribution in [0.4, 0.5) is 34.1 Å². The van der Waals surface area contributed by atoms with Crippen LogP contribution >= 0.6 is 0 Å². The summed E-state index contributed by atoms with van der Waals surface area (Å²) >= 11 is 0. The largest absolute Gasteiger partial charge is 0.455 e. The van der Waals surface area contributed by atoms with E-state index >= 15 is 0 Å². The molecular formula is C88H74N2O. The van der Waals surface area contributed by atoms with Crippen LogP contribution in [0, 0.1) is 0 Å². The lowest BCUT2D eigenvalue weighted by Crippen LogP contribution is -2.17. The van der Waals surface area contributed by atoms with Crippen LogP contribution in [0.25, 0.3) is 99.1 Å². The normalized spacial score (nSPS) is 13.8. The van der Waals surface area contributed by atoms with Gasteiger partial charge in [-0.1, -0.05) is 263 Å². The third-order valence-electron chi connectivity index (χ3n) is 20.2. The quantitative estimate of drug-likeness (QED) is 0.134. The molecule has 0 bridgehead atoms. The Hall–Kier alpha value is -10.2. The first kappa shape index (κ1) is 56.0.